The van der Waals surface area contributed by atoms with E-state index in [2.05, 4.69) is 10.5 Å². The number of hydrogen-bond donors (Lipinski definition) is 1. The van der Waals surface area contributed by atoms with Crippen LogP contribution in [0, 0.1) is 20.2 Å². The van der Waals surface area contributed by atoms with E-state index in [-0.39, 0.29) is 11.4 Å². The Morgan fingerprint density at radius 1 is 0.781 bits per heavy atom. The van der Waals surface area contributed by atoms with E-state index in [4.69, 9.17) is 9.47 Å². The SMILES string of the molecule is CC(=NNc1ccc([N+](=O)[O-])cc1)c1ccc(OCCOc2ccc([N+](=O)[O-])cc2)cc1. The van der Waals surface area contributed by atoms with Crippen LogP contribution in [0.2, 0.25) is 0 Å². The fourth-order valence-electron chi connectivity index (χ4n) is 2.65. The van der Waals surface area contributed by atoms with Gasteiger partial charge in [-0.15, -0.1) is 0 Å². The number of rotatable bonds is 10. The molecule has 0 spiro atoms. The Labute approximate surface area is 183 Å². The third-order valence-electron chi connectivity index (χ3n) is 4.37. The zero-order chi connectivity index (χ0) is 22.9. The summed E-state index contributed by atoms with van der Waals surface area (Å²) >= 11 is 0. The largest absolute Gasteiger partial charge is 0.490 e. The minimum Gasteiger partial charge on any atom is -0.490 e. The van der Waals surface area contributed by atoms with Gasteiger partial charge in [-0.2, -0.15) is 5.10 Å². The molecule has 1 N–H and O–H groups in total. The summed E-state index contributed by atoms with van der Waals surface area (Å²) in [5.74, 6) is 1.19. The van der Waals surface area contributed by atoms with Crippen molar-refractivity contribution in [2.75, 3.05) is 18.6 Å². The highest BCUT2D eigenvalue weighted by atomic mass is 16.6. The summed E-state index contributed by atoms with van der Waals surface area (Å²) in [7, 11) is 0. The van der Waals surface area contributed by atoms with Crippen molar-refractivity contribution in [1.29, 1.82) is 0 Å². The predicted molar refractivity (Wildman–Crippen MR) is 119 cm³/mol. The lowest BCUT2D eigenvalue weighted by molar-refractivity contribution is -0.385. The molecule has 0 radical (unpaired) electrons. The molecule has 0 fully saturated rings. The Morgan fingerprint density at radius 2 is 1.22 bits per heavy atom. The lowest BCUT2D eigenvalue weighted by atomic mass is 10.1. The minimum absolute atomic E-state index is 0.00969. The summed E-state index contributed by atoms with van der Waals surface area (Å²) in [5, 5.41) is 25.6. The minimum atomic E-state index is -0.464. The summed E-state index contributed by atoms with van der Waals surface area (Å²) in [4.78, 5) is 20.4. The number of ether oxygens (including phenoxy) is 2. The summed E-state index contributed by atoms with van der Waals surface area (Å²) in [6.07, 6.45) is 0. The smallest absolute Gasteiger partial charge is 0.269 e. The van der Waals surface area contributed by atoms with Crippen LogP contribution in [0.4, 0.5) is 17.1 Å². The lowest BCUT2D eigenvalue weighted by Gasteiger charge is -2.09. The number of nitrogens with zero attached hydrogens (tertiary/aromatic N) is 3. The van der Waals surface area contributed by atoms with Crippen LogP contribution in [-0.2, 0) is 0 Å². The number of anilines is 1. The van der Waals surface area contributed by atoms with E-state index >= 15 is 0 Å². The molecule has 0 heterocycles. The van der Waals surface area contributed by atoms with Crippen LogP contribution < -0.4 is 14.9 Å². The van der Waals surface area contributed by atoms with Crippen molar-refractivity contribution in [2.24, 2.45) is 5.10 Å². The first kappa shape index (κ1) is 22.2. The second-order valence-electron chi connectivity index (χ2n) is 6.59. The molecule has 32 heavy (non-hydrogen) atoms. The Balaban J connectivity index is 1.45. The van der Waals surface area contributed by atoms with Crippen LogP contribution in [0.5, 0.6) is 11.5 Å². The highest BCUT2D eigenvalue weighted by molar-refractivity contribution is 5.99. The van der Waals surface area contributed by atoms with Gasteiger partial charge in [0.05, 0.1) is 21.2 Å². The molecule has 0 bridgehead atoms. The van der Waals surface area contributed by atoms with Gasteiger partial charge in [-0.1, -0.05) is 0 Å². The fraction of sp³-hybridized carbons (Fsp3) is 0.136. The van der Waals surface area contributed by atoms with Crippen LogP contribution in [0.1, 0.15) is 12.5 Å². The van der Waals surface area contributed by atoms with Crippen molar-refractivity contribution < 1.29 is 19.3 Å². The maximum absolute atomic E-state index is 10.7. The first-order chi connectivity index (χ1) is 15.4. The van der Waals surface area contributed by atoms with Crippen LogP contribution in [-0.4, -0.2) is 28.8 Å². The topological polar surface area (TPSA) is 129 Å². The number of benzene rings is 3. The van der Waals surface area contributed by atoms with E-state index < -0.39 is 9.85 Å². The van der Waals surface area contributed by atoms with Crippen LogP contribution in [0.25, 0.3) is 0 Å². The number of hydrazone groups is 1. The molecule has 3 rings (SSSR count). The average molecular weight is 436 g/mol. The molecular weight excluding hydrogens is 416 g/mol. The van der Waals surface area contributed by atoms with Gasteiger partial charge < -0.3 is 9.47 Å². The Bertz CT molecular complexity index is 1100. The molecule has 0 atom stereocenters. The van der Waals surface area contributed by atoms with Gasteiger partial charge in [0.2, 0.25) is 0 Å². The third kappa shape index (κ3) is 6.26. The summed E-state index contributed by atoms with van der Waals surface area (Å²) in [5.41, 5.74) is 5.16. The number of non-ortho nitro benzene ring substituents is 2. The van der Waals surface area contributed by atoms with Gasteiger partial charge >= 0.3 is 0 Å². The molecule has 0 unspecified atom stereocenters. The maximum Gasteiger partial charge on any atom is 0.269 e. The molecule has 0 aliphatic carbocycles. The Hall–Kier alpha value is -4.47. The third-order valence-corrected chi connectivity index (χ3v) is 4.37. The highest BCUT2D eigenvalue weighted by Crippen LogP contribution is 2.18. The van der Waals surface area contributed by atoms with Crippen molar-refractivity contribution in [2.45, 2.75) is 6.92 Å². The van der Waals surface area contributed by atoms with Crippen molar-refractivity contribution in [3.63, 3.8) is 0 Å². The standard InChI is InChI=1S/C22H20N4O6/c1-16(23-24-18-4-6-19(7-5-18)25(27)28)17-2-10-21(11-3-17)31-14-15-32-22-12-8-20(9-13-22)26(29)30/h2-13,24H,14-15H2,1H3. The molecule has 10 nitrogen and oxygen atoms in total. The predicted octanol–water partition coefficient (Wildman–Crippen LogP) is 4.80. The van der Waals surface area contributed by atoms with Crippen molar-refractivity contribution in [3.05, 3.63) is 98.6 Å². The molecule has 3 aromatic rings. The van der Waals surface area contributed by atoms with Gasteiger partial charge in [0.25, 0.3) is 11.4 Å². The number of hydrogen-bond acceptors (Lipinski definition) is 8. The monoisotopic (exact) mass is 436 g/mol. The highest BCUT2D eigenvalue weighted by Gasteiger charge is 2.05. The van der Waals surface area contributed by atoms with E-state index in [0.717, 1.165) is 11.3 Å². The molecule has 164 valence electrons. The zero-order valence-corrected chi connectivity index (χ0v) is 17.1. The first-order valence-electron chi connectivity index (χ1n) is 9.57. The van der Waals surface area contributed by atoms with Gasteiger partial charge in [-0.25, -0.2) is 0 Å². The fourth-order valence-corrected chi connectivity index (χ4v) is 2.65. The molecule has 10 heteroatoms. The van der Waals surface area contributed by atoms with Crippen LogP contribution in [0.3, 0.4) is 0 Å². The molecule has 0 aromatic heterocycles. The Kier molecular flexibility index (Phi) is 7.31. The quantitative estimate of drug-likeness (QED) is 0.209. The number of nitro groups is 2. The number of nitrogens with one attached hydrogen (secondary N) is 1. The van der Waals surface area contributed by atoms with Crippen molar-refractivity contribution in [1.82, 2.24) is 0 Å². The van der Waals surface area contributed by atoms with Crippen LogP contribution in [0.15, 0.2) is 77.9 Å². The van der Waals surface area contributed by atoms with Gasteiger partial charge in [-0.3, -0.25) is 25.7 Å². The van der Waals surface area contributed by atoms with Gasteiger partial charge in [-0.05, 0) is 61.0 Å². The Morgan fingerprint density at radius 3 is 1.69 bits per heavy atom. The van der Waals surface area contributed by atoms with Crippen molar-refractivity contribution >= 4 is 22.8 Å². The summed E-state index contributed by atoms with van der Waals surface area (Å²) in [6, 6.07) is 19.2. The number of nitro benzene ring substituents is 2. The average Bonchev–Trinajstić information content (AvgIpc) is 2.81. The second kappa shape index (κ2) is 10.5. The van der Waals surface area contributed by atoms with Gasteiger partial charge in [0.15, 0.2) is 0 Å². The van der Waals surface area contributed by atoms with Crippen molar-refractivity contribution in [3.8, 4) is 11.5 Å². The van der Waals surface area contributed by atoms with E-state index in [9.17, 15) is 20.2 Å². The zero-order valence-electron chi connectivity index (χ0n) is 17.1. The van der Waals surface area contributed by atoms with E-state index in [0.29, 0.717) is 30.4 Å². The van der Waals surface area contributed by atoms with E-state index in [1.807, 2.05) is 31.2 Å². The lowest BCUT2D eigenvalue weighted by Crippen LogP contribution is -2.09. The van der Waals surface area contributed by atoms with E-state index in [1.165, 1.54) is 24.3 Å². The summed E-state index contributed by atoms with van der Waals surface area (Å²) < 4.78 is 11.1. The van der Waals surface area contributed by atoms with E-state index in [1.54, 1.807) is 24.3 Å². The molecule has 0 aliphatic rings. The second-order valence-corrected chi connectivity index (χ2v) is 6.59. The first-order valence-corrected chi connectivity index (χ1v) is 9.57. The van der Waals surface area contributed by atoms with Gasteiger partial charge in [0.1, 0.15) is 24.7 Å². The molecule has 0 amide bonds. The normalized spacial score (nSPS) is 11.0. The van der Waals surface area contributed by atoms with Crippen LogP contribution >= 0.6 is 0 Å². The van der Waals surface area contributed by atoms with Gasteiger partial charge in [0, 0.05) is 24.3 Å². The summed E-state index contributed by atoms with van der Waals surface area (Å²) in [6.45, 7) is 2.44. The molecule has 3 aromatic carbocycles. The molecular formula is C22H20N4O6. The molecule has 0 saturated carbocycles. The maximum atomic E-state index is 10.7. The molecule has 0 aliphatic heterocycles. The molecule has 0 saturated heterocycles.